The molecule has 0 spiro atoms. The lowest BCUT2D eigenvalue weighted by Gasteiger charge is -2.14. The lowest BCUT2D eigenvalue weighted by atomic mass is 10.2. The van der Waals surface area contributed by atoms with E-state index in [0.29, 0.717) is 12.5 Å². The van der Waals surface area contributed by atoms with Crippen LogP contribution in [0.1, 0.15) is 31.4 Å². The first-order valence-corrected chi connectivity index (χ1v) is 6.32. The molecule has 17 heavy (non-hydrogen) atoms. The zero-order valence-corrected chi connectivity index (χ0v) is 10.4. The van der Waals surface area contributed by atoms with Gasteiger partial charge in [0, 0.05) is 24.8 Å². The summed E-state index contributed by atoms with van der Waals surface area (Å²) in [6, 6.07) is 3.90. The standard InChI is InChI=1S/C13H21N3O/c1-11(14)12-4-5-13(15-10-12)17-9-8-16-6-2-3-7-16/h4-5,10-11H,2-3,6-9,14H2,1H3/t11-/m1/s1. The van der Waals surface area contributed by atoms with E-state index in [4.69, 9.17) is 10.5 Å². The number of hydrogen-bond donors (Lipinski definition) is 1. The Balaban J connectivity index is 1.74. The van der Waals surface area contributed by atoms with Crippen molar-refractivity contribution >= 4 is 0 Å². The molecule has 1 aromatic rings. The topological polar surface area (TPSA) is 51.4 Å². The number of nitrogens with two attached hydrogens (primary N) is 1. The molecule has 2 rings (SSSR count). The summed E-state index contributed by atoms with van der Waals surface area (Å²) in [5.74, 6) is 0.689. The molecule has 2 N–H and O–H groups in total. The Labute approximate surface area is 103 Å². The van der Waals surface area contributed by atoms with Gasteiger partial charge in [-0.3, -0.25) is 4.90 Å². The quantitative estimate of drug-likeness (QED) is 0.841. The Kier molecular flexibility index (Phi) is 4.34. The number of pyridine rings is 1. The summed E-state index contributed by atoms with van der Waals surface area (Å²) in [7, 11) is 0. The summed E-state index contributed by atoms with van der Waals surface area (Å²) in [5, 5.41) is 0. The van der Waals surface area contributed by atoms with Gasteiger partial charge in [0.15, 0.2) is 0 Å². The fraction of sp³-hybridized carbons (Fsp3) is 0.615. The van der Waals surface area contributed by atoms with E-state index >= 15 is 0 Å². The van der Waals surface area contributed by atoms with Crippen LogP contribution in [0, 0.1) is 0 Å². The Bertz CT molecular complexity index is 331. The minimum atomic E-state index is 0.0288. The van der Waals surface area contributed by atoms with Gasteiger partial charge >= 0.3 is 0 Å². The average Bonchev–Trinajstić information content (AvgIpc) is 2.83. The molecule has 0 saturated carbocycles. The van der Waals surface area contributed by atoms with Gasteiger partial charge in [-0.1, -0.05) is 6.07 Å². The van der Waals surface area contributed by atoms with E-state index in [9.17, 15) is 0 Å². The molecule has 0 aliphatic carbocycles. The van der Waals surface area contributed by atoms with E-state index in [-0.39, 0.29) is 6.04 Å². The second-order valence-corrected chi connectivity index (χ2v) is 4.62. The minimum Gasteiger partial charge on any atom is -0.476 e. The third-order valence-corrected chi connectivity index (χ3v) is 3.14. The molecule has 0 bridgehead atoms. The van der Waals surface area contributed by atoms with Crippen LogP contribution >= 0.6 is 0 Å². The fourth-order valence-electron chi connectivity index (χ4n) is 2.03. The van der Waals surface area contributed by atoms with Gasteiger partial charge < -0.3 is 10.5 Å². The lowest BCUT2D eigenvalue weighted by molar-refractivity contribution is 0.232. The van der Waals surface area contributed by atoms with Gasteiger partial charge in [0.05, 0.1) is 0 Å². The van der Waals surface area contributed by atoms with E-state index in [2.05, 4.69) is 9.88 Å². The van der Waals surface area contributed by atoms with Crippen molar-refractivity contribution in [3.8, 4) is 5.88 Å². The SMILES string of the molecule is C[C@@H](N)c1ccc(OCCN2CCCC2)nc1. The first-order valence-electron chi connectivity index (χ1n) is 6.32. The number of ether oxygens (including phenoxy) is 1. The van der Waals surface area contributed by atoms with Crippen LogP contribution in [0.15, 0.2) is 18.3 Å². The predicted molar refractivity (Wildman–Crippen MR) is 68.0 cm³/mol. The number of aromatic nitrogens is 1. The molecule has 4 nitrogen and oxygen atoms in total. The zero-order valence-electron chi connectivity index (χ0n) is 10.4. The summed E-state index contributed by atoms with van der Waals surface area (Å²) in [6.07, 6.45) is 4.43. The highest BCUT2D eigenvalue weighted by Gasteiger charge is 2.10. The summed E-state index contributed by atoms with van der Waals surface area (Å²) in [5.41, 5.74) is 6.80. The molecule has 4 heteroatoms. The van der Waals surface area contributed by atoms with E-state index in [1.165, 1.54) is 25.9 Å². The van der Waals surface area contributed by atoms with Crippen molar-refractivity contribution in [2.24, 2.45) is 5.73 Å². The summed E-state index contributed by atoms with van der Waals surface area (Å²) >= 11 is 0. The van der Waals surface area contributed by atoms with Gasteiger partial charge in [0.2, 0.25) is 5.88 Å². The number of nitrogens with zero attached hydrogens (tertiary/aromatic N) is 2. The summed E-state index contributed by atoms with van der Waals surface area (Å²) in [6.45, 7) is 6.08. The second kappa shape index (κ2) is 5.98. The number of hydrogen-bond acceptors (Lipinski definition) is 4. The molecule has 1 aromatic heterocycles. The monoisotopic (exact) mass is 235 g/mol. The molecule has 1 saturated heterocycles. The largest absolute Gasteiger partial charge is 0.476 e. The van der Waals surface area contributed by atoms with Gasteiger partial charge in [0.1, 0.15) is 6.61 Å². The molecule has 0 radical (unpaired) electrons. The van der Waals surface area contributed by atoms with Crippen LogP contribution in [0.5, 0.6) is 5.88 Å². The highest BCUT2D eigenvalue weighted by Crippen LogP contribution is 2.12. The molecule has 94 valence electrons. The Morgan fingerprint density at radius 1 is 1.41 bits per heavy atom. The lowest BCUT2D eigenvalue weighted by Crippen LogP contribution is -2.25. The van der Waals surface area contributed by atoms with Gasteiger partial charge in [-0.2, -0.15) is 0 Å². The van der Waals surface area contributed by atoms with E-state index in [1.807, 2.05) is 19.1 Å². The van der Waals surface area contributed by atoms with Crippen molar-refractivity contribution in [1.29, 1.82) is 0 Å². The molecule has 1 aliphatic heterocycles. The fourth-order valence-corrected chi connectivity index (χ4v) is 2.03. The first kappa shape index (κ1) is 12.3. The predicted octanol–water partition coefficient (Wildman–Crippen LogP) is 1.58. The van der Waals surface area contributed by atoms with E-state index in [1.54, 1.807) is 6.20 Å². The molecule has 0 unspecified atom stereocenters. The Morgan fingerprint density at radius 3 is 2.76 bits per heavy atom. The molecule has 0 amide bonds. The smallest absolute Gasteiger partial charge is 0.213 e. The van der Waals surface area contributed by atoms with Crippen LogP contribution in [0.2, 0.25) is 0 Å². The van der Waals surface area contributed by atoms with Gasteiger partial charge in [-0.25, -0.2) is 4.98 Å². The Hall–Kier alpha value is -1.13. The maximum absolute atomic E-state index is 5.76. The van der Waals surface area contributed by atoms with E-state index in [0.717, 1.165) is 12.1 Å². The van der Waals surface area contributed by atoms with Crippen molar-refractivity contribution in [1.82, 2.24) is 9.88 Å². The van der Waals surface area contributed by atoms with Crippen molar-refractivity contribution in [3.63, 3.8) is 0 Å². The van der Waals surface area contributed by atoms with Crippen LogP contribution in [0.3, 0.4) is 0 Å². The van der Waals surface area contributed by atoms with Gasteiger partial charge in [-0.15, -0.1) is 0 Å². The highest BCUT2D eigenvalue weighted by atomic mass is 16.5. The molecule has 1 atom stereocenters. The van der Waals surface area contributed by atoms with Crippen LogP contribution < -0.4 is 10.5 Å². The highest BCUT2D eigenvalue weighted by molar-refractivity contribution is 5.19. The van der Waals surface area contributed by atoms with Crippen LogP contribution in [0.25, 0.3) is 0 Å². The van der Waals surface area contributed by atoms with Crippen molar-refractivity contribution < 1.29 is 4.74 Å². The summed E-state index contributed by atoms with van der Waals surface area (Å²) < 4.78 is 5.61. The average molecular weight is 235 g/mol. The second-order valence-electron chi connectivity index (χ2n) is 4.62. The van der Waals surface area contributed by atoms with Crippen molar-refractivity contribution in [3.05, 3.63) is 23.9 Å². The van der Waals surface area contributed by atoms with Crippen LogP contribution in [-0.4, -0.2) is 36.1 Å². The summed E-state index contributed by atoms with van der Waals surface area (Å²) in [4.78, 5) is 6.67. The molecule has 2 heterocycles. The molecule has 1 aliphatic rings. The van der Waals surface area contributed by atoms with Gasteiger partial charge in [-0.05, 0) is 38.4 Å². The maximum atomic E-state index is 5.76. The molecular weight excluding hydrogens is 214 g/mol. The van der Waals surface area contributed by atoms with Crippen molar-refractivity contribution in [2.75, 3.05) is 26.2 Å². The molecule has 1 fully saturated rings. The first-order chi connectivity index (χ1) is 8.25. The third kappa shape index (κ3) is 3.68. The third-order valence-electron chi connectivity index (χ3n) is 3.14. The maximum Gasteiger partial charge on any atom is 0.213 e. The molecule has 0 aromatic carbocycles. The molecular formula is C13H21N3O. The zero-order chi connectivity index (χ0) is 12.1. The normalized spacial score (nSPS) is 18.2. The van der Waals surface area contributed by atoms with Crippen molar-refractivity contribution in [2.45, 2.75) is 25.8 Å². The van der Waals surface area contributed by atoms with E-state index < -0.39 is 0 Å². The minimum absolute atomic E-state index is 0.0288. The number of rotatable bonds is 5. The Morgan fingerprint density at radius 2 is 2.18 bits per heavy atom. The number of likely N-dealkylation sites (tertiary alicyclic amines) is 1. The van der Waals surface area contributed by atoms with Crippen LogP contribution in [0.4, 0.5) is 0 Å². The van der Waals surface area contributed by atoms with Gasteiger partial charge in [0.25, 0.3) is 0 Å². The van der Waals surface area contributed by atoms with Crippen LogP contribution in [-0.2, 0) is 0 Å².